The molecular weight excluding hydrogens is 332 g/mol. The maximum absolute atomic E-state index is 12.2. The molecule has 2 N–H and O–H groups in total. The third-order valence-corrected chi connectivity index (χ3v) is 4.98. The van der Waals surface area contributed by atoms with Crippen LogP contribution in [0, 0.1) is 0 Å². The zero-order valence-electron chi connectivity index (χ0n) is 12.9. The maximum atomic E-state index is 12.2. The molecule has 0 aromatic heterocycles. The van der Waals surface area contributed by atoms with Crippen molar-refractivity contribution in [2.45, 2.75) is 17.9 Å². The van der Waals surface area contributed by atoms with Crippen LogP contribution < -0.4 is 19.5 Å². The number of fused-ring (bicyclic) bond motifs is 1. The fraction of sp³-hybridized carbons (Fsp3) is 0.188. The third-order valence-electron chi connectivity index (χ3n) is 3.42. The number of carbonyl (C=O) groups is 1. The highest BCUT2D eigenvalue weighted by Gasteiger charge is 2.22. The molecule has 7 nitrogen and oxygen atoms in total. The van der Waals surface area contributed by atoms with Crippen molar-refractivity contribution in [1.29, 1.82) is 0 Å². The Morgan fingerprint density at radius 1 is 1.08 bits per heavy atom. The van der Waals surface area contributed by atoms with Crippen LogP contribution in [-0.2, 0) is 14.8 Å². The number of amides is 1. The molecule has 8 heteroatoms. The quantitative estimate of drug-likeness (QED) is 0.858. The van der Waals surface area contributed by atoms with Gasteiger partial charge in [0, 0.05) is 11.8 Å². The predicted molar refractivity (Wildman–Crippen MR) is 87.4 cm³/mol. The van der Waals surface area contributed by atoms with Crippen LogP contribution in [0.15, 0.2) is 53.4 Å². The summed E-state index contributed by atoms with van der Waals surface area (Å²) in [6, 6.07) is 11.9. The SMILES string of the molecule is C[C@H](NS(=O)(=O)c1ccccc1)C(=O)Nc1ccc2c(c1)OCO2. The Balaban J connectivity index is 1.67. The summed E-state index contributed by atoms with van der Waals surface area (Å²) in [6.07, 6.45) is 0. The highest BCUT2D eigenvalue weighted by Crippen LogP contribution is 2.34. The maximum Gasteiger partial charge on any atom is 0.242 e. The van der Waals surface area contributed by atoms with Gasteiger partial charge in [-0.05, 0) is 31.2 Å². The number of carbonyl (C=O) groups excluding carboxylic acids is 1. The third kappa shape index (κ3) is 3.50. The molecule has 0 spiro atoms. The molecule has 2 aromatic rings. The topological polar surface area (TPSA) is 93.7 Å². The zero-order chi connectivity index (χ0) is 17.2. The van der Waals surface area contributed by atoms with Crippen LogP contribution in [0.5, 0.6) is 11.5 Å². The van der Waals surface area contributed by atoms with E-state index in [-0.39, 0.29) is 11.7 Å². The molecule has 0 aliphatic carbocycles. The van der Waals surface area contributed by atoms with Crippen molar-refractivity contribution in [1.82, 2.24) is 4.72 Å². The van der Waals surface area contributed by atoms with Crippen LogP contribution in [-0.4, -0.2) is 27.2 Å². The number of anilines is 1. The van der Waals surface area contributed by atoms with E-state index in [0.29, 0.717) is 17.2 Å². The highest BCUT2D eigenvalue weighted by atomic mass is 32.2. The van der Waals surface area contributed by atoms with E-state index in [1.165, 1.54) is 19.1 Å². The number of ether oxygens (including phenoxy) is 2. The molecular formula is C16H16N2O5S. The van der Waals surface area contributed by atoms with Crippen molar-refractivity contribution >= 4 is 21.6 Å². The van der Waals surface area contributed by atoms with Gasteiger partial charge in [0.1, 0.15) is 0 Å². The molecule has 0 radical (unpaired) electrons. The van der Waals surface area contributed by atoms with Crippen molar-refractivity contribution < 1.29 is 22.7 Å². The number of nitrogens with one attached hydrogen (secondary N) is 2. The first-order valence-electron chi connectivity index (χ1n) is 7.23. The minimum Gasteiger partial charge on any atom is -0.454 e. The van der Waals surface area contributed by atoms with Crippen LogP contribution in [0.3, 0.4) is 0 Å². The van der Waals surface area contributed by atoms with Gasteiger partial charge < -0.3 is 14.8 Å². The van der Waals surface area contributed by atoms with Gasteiger partial charge in [-0.1, -0.05) is 18.2 Å². The van der Waals surface area contributed by atoms with Crippen LogP contribution in [0.2, 0.25) is 0 Å². The highest BCUT2D eigenvalue weighted by molar-refractivity contribution is 7.89. The lowest BCUT2D eigenvalue weighted by Gasteiger charge is -2.14. The van der Waals surface area contributed by atoms with Crippen LogP contribution >= 0.6 is 0 Å². The molecule has 0 saturated carbocycles. The molecule has 0 saturated heterocycles. The van der Waals surface area contributed by atoms with E-state index in [1.807, 2.05) is 0 Å². The first-order valence-corrected chi connectivity index (χ1v) is 8.72. The fourth-order valence-electron chi connectivity index (χ4n) is 2.18. The normalized spacial score (nSPS) is 14.2. The van der Waals surface area contributed by atoms with Gasteiger partial charge in [-0.25, -0.2) is 8.42 Å². The lowest BCUT2D eigenvalue weighted by molar-refractivity contribution is -0.117. The zero-order valence-corrected chi connectivity index (χ0v) is 13.7. The van der Waals surface area contributed by atoms with Crippen LogP contribution in [0.4, 0.5) is 5.69 Å². The van der Waals surface area contributed by atoms with Gasteiger partial charge in [-0.3, -0.25) is 4.79 Å². The van der Waals surface area contributed by atoms with Crippen molar-refractivity contribution in [3.63, 3.8) is 0 Å². The second-order valence-electron chi connectivity index (χ2n) is 5.21. The molecule has 1 amide bonds. The summed E-state index contributed by atoms with van der Waals surface area (Å²) in [5.41, 5.74) is 0.495. The molecule has 1 aliphatic heterocycles. The van der Waals surface area contributed by atoms with Crippen LogP contribution in [0.25, 0.3) is 0 Å². The number of benzene rings is 2. The molecule has 126 valence electrons. The summed E-state index contributed by atoms with van der Waals surface area (Å²) in [5.74, 6) is 0.657. The molecule has 0 bridgehead atoms. The molecule has 1 heterocycles. The number of sulfonamides is 1. The molecule has 0 fully saturated rings. The van der Waals surface area contributed by atoms with E-state index in [0.717, 1.165) is 0 Å². The number of hydrogen-bond donors (Lipinski definition) is 2. The average molecular weight is 348 g/mol. The van der Waals surface area contributed by atoms with Crippen molar-refractivity contribution in [2.24, 2.45) is 0 Å². The van der Waals surface area contributed by atoms with E-state index in [9.17, 15) is 13.2 Å². The Morgan fingerprint density at radius 3 is 2.54 bits per heavy atom. The molecule has 1 atom stereocenters. The Labute approximate surface area is 139 Å². The lowest BCUT2D eigenvalue weighted by Crippen LogP contribution is -2.41. The first kappa shape index (κ1) is 16.3. The number of rotatable bonds is 5. The summed E-state index contributed by atoms with van der Waals surface area (Å²) in [4.78, 5) is 12.3. The molecule has 3 rings (SSSR count). The monoisotopic (exact) mass is 348 g/mol. The van der Waals surface area contributed by atoms with E-state index in [1.54, 1.807) is 36.4 Å². The number of hydrogen-bond acceptors (Lipinski definition) is 5. The molecule has 1 aliphatic rings. The van der Waals surface area contributed by atoms with Crippen molar-refractivity contribution in [2.75, 3.05) is 12.1 Å². The minimum atomic E-state index is -3.76. The fourth-order valence-corrected chi connectivity index (χ4v) is 3.40. The van der Waals surface area contributed by atoms with Gasteiger partial charge in [-0.15, -0.1) is 0 Å². The van der Waals surface area contributed by atoms with Gasteiger partial charge >= 0.3 is 0 Å². The standard InChI is InChI=1S/C16H16N2O5S/c1-11(18-24(20,21)13-5-3-2-4-6-13)16(19)17-12-7-8-14-15(9-12)23-10-22-14/h2-9,11,18H,10H2,1H3,(H,17,19)/t11-/m0/s1. The average Bonchev–Trinajstić information content (AvgIpc) is 3.03. The van der Waals surface area contributed by atoms with Gasteiger partial charge in [0.2, 0.25) is 22.7 Å². The summed E-state index contributed by atoms with van der Waals surface area (Å²) >= 11 is 0. The first-order chi connectivity index (χ1) is 11.5. The Kier molecular flexibility index (Phi) is 4.41. The van der Waals surface area contributed by atoms with E-state index in [2.05, 4.69) is 10.0 Å². The summed E-state index contributed by atoms with van der Waals surface area (Å²) in [5, 5.41) is 2.64. The van der Waals surface area contributed by atoms with E-state index in [4.69, 9.17) is 9.47 Å². The van der Waals surface area contributed by atoms with Crippen LogP contribution in [0.1, 0.15) is 6.92 Å². The Morgan fingerprint density at radius 2 is 1.79 bits per heavy atom. The smallest absolute Gasteiger partial charge is 0.242 e. The predicted octanol–water partition coefficient (Wildman–Crippen LogP) is 1.72. The van der Waals surface area contributed by atoms with Gasteiger partial charge in [0.15, 0.2) is 11.5 Å². The van der Waals surface area contributed by atoms with Crippen molar-refractivity contribution in [3.05, 3.63) is 48.5 Å². The Hall–Kier alpha value is -2.58. The summed E-state index contributed by atoms with van der Waals surface area (Å²) in [6.45, 7) is 1.61. The summed E-state index contributed by atoms with van der Waals surface area (Å²) in [7, 11) is -3.76. The molecule has 0 unspecified atom stereocenters. The van der Waals surface area contributed by atoms with Gasteiger partial charge in [0.05, 0.1) is 10.9 Å². The van der Waals surface area contributed by atoms with Gasteiger partial charge in [-0.2, -0.15) is 4.72 Å². The molecule has 24 heavy (non-hydrogen) atoms. The van der Waals surface area contributed by atoms with E-state index >= 15 is 0 Å². The Bertz CT molecular complexity index is 852. The summed E-state index contributed by atoms with van der Waals surface area (Å²) < 4.78 is 37.2. The lowest BCUT2D eigenvalue weighted by atomic mass is 10.2. The largest absolute Gasteiger partial charge is 0.454 e. The second kappa shape index (κ2) is 6.50. The molecule has 2 aromatic carbocycles. The second-order valence-corrected chi connectivity index (χ2v) is 6.93. The minimum absolute atomic E-state index is 0.104. The van der Waals surface area contributed by atoms with Crippen molar-refractivity contribution in [3.8, 4) is 11.5 Å². The van der Waals surface area contributed by atoms with Gasteiger partial charge in [0.25, 0.3) is 0 Å². The van der Waals surface area contributed by atoms with E-state index < -0.39 is 22.0 Å².